The molecule has 10 heteroatoms. The second-order valence-corrected chi connectivity index (χ2v) is 17.8. The van der Waals surface area contributed by atoms with Crippen molar-refractivity contribution in [3.05, 3.63) is 0 Å². The Morgan fingerprint density at radius 3 is 0.654 bits per heavy atom. The minimum absolute atomic E-state index is 0.169. The molecule has 52 heavy (non-hydrogen) atoms. The van der Waals surface area contributed by atoms with Gasteiger partial charge in [-0.05, 0) is 19.3 Å². The van der Waals surface area contributed by atoms with Crippen LogP contribution in [0.15, 0.2) is 0 Å². The van der Waals surface area contributed by atoms with Crippen molar-refractivity contribution in [2.24, 2.45) is 0 Å². The van der Waals surface area contributed by atoms with Crippen molar-refractivity contribution in [1.82, 2.24) is 0 Å². The van der Waals surface area contributed by atoms with Gasteiger partial charge in [0, 0.05) is 0 Å². The lowest BCUT2D eigenvalue weighted by molar-refractivity contribution is 0.145. The van der Waals surface area contributed by atoms with E-state index >= 15 is 0 Å². The lowest BCUT2D eigenvalue weighted by Crippen LogP contribution is -1.99. The molecule has 0 bridgehead atoms. The van der Waals surface area contributed by atoms with E-state index in [1.54, 1.807) is 0 Å². The van der Waals surface area contributed by atoms with Crippen LogP contribution in [-0.4, -0.2) is 34.5 Å². The molecule has 0 atom stereocenters. The Hall–Kier alpha value is 0.220. The van der Waals surface area contributed by atoms with E-state index in [0.29, 0.717) is 13.2 Å². The Balaban J connectivity index is 0. The molecule has 0 heterocycles. The van der Waals surface area contributed by atoms with E-state index in [1.165, 1.54) is 186 Å². The third-order valence-electron chi connectivity index (χ3n) is 9.76. The summed E-state index contributed by atoms with van der Waals surface area (Å²) >= 11 is 0. The Morgan fingerprint density at radius 1 is 0.288 bits per heavy atom. The van der Waals surface area contributed by atoms with Gasteiger partial charge in [0.05, 0.1) is 19.8 Å². The van der Waals surface area contributed by atoms with Crippen molar-refractivity contribution in [3.8, 4) is 0 Å². The molecule has 8 nitrogen and oxygen atoms in total. The SMILES string of the molecule is CCCCCCCCCCCCCCCCCCOP(=O)(O)O.CCCCCCCCCCCCOP(=O)(O)OCCCCCCCCCCCC. The zero-order chi connectivity index (χ0) is 38.7. The first-order valence-corrected chi connectivity index (χ1v) is 25.5. The molecule has 316 valence electrons. The number of hydrogen-bond acceptors (Lipinski definition) is 5. The number of rotatable bonds is 42. The van der Waals surface area contributed by atoms with Crippen LogP contribution >= 0.6 is 15.6 Å². The highest BCUT2D eigenvalue weighted by Gasteiger charge is 2.20. The van der Waals surface area contributed by atoms with Gasteiger partial charge in [-0.15, -0.1) is 0 Å². The maximum absolute atomic E-state index is 11.8. The molecule has 0 radical (unpaired) electrons. The first-order chi connectivity index (χ1) is 25.2. The van der Waals surface area contributed by atoms with E-state index in [0.717, 1.165) is 44.9 Å². The molecule has 0 unspecified atom stereocenters. The summed E-state index contributed by atoms with van der Waals surface area (Å²) in [6.45, 7) is 7.57. The summed E-state index contributed by atoms with van der Waals surface area (Å²) in [4.78, 5) is 26.8. The van der Waals surface area contributed by atoms with E-state index in [1.807, 2.05) is 0 Å². The van der Waals surface area contributed by atoms with Crippen LogP contribution in [-0.2, 0) is 22.7 Å². The van der Waals surface area contributed by atoms with Gasteiger partial charge in [-0.1, -0.05) is 233 Å². The fourth-order valence-corrected chi connectivity index (χ4v) is 7.57. The van der Waals surface area contributed by atoms with E-state index in [-0.39, 0.29) is 6.61 Å². The van der Waals surface area contributed by atoms with Crippen LogP contribution in [0.3, 0.4) is 0 Å². The van der Waals surface area contributed by atoms with Gasteiger partial charge in [0.2, 0.25) is 0 Å². The molecule has 0 aromatic heterocycles. The maximum atomic E-state index is 11.8. The summed E-state index contributed by atoms with van der Waals surface area (Å²) in [5.41, 5.74) is 0. The highest BCUT2D eigenvalue weighted by molar-refractivity contribution is 7.47. The molecular formula is C42H90O8P2. The predicted octanol–water partition coefficient (Wildman–Crippen LogP) is 15.3. The van der Waals surface area contributed by atoms with Crippen LogP contribution in [0, 0.1) is 0 Å². The van der Waals surface area contributed by atoms with Crippen LogP contribution in [0.25, 0.3) is 0 Å². The number of phosphoric ester groups is 2. The summed E-state index contributed by atoms with van der Waals surface area (Å²) in [5, 5.41) is 0. The lowest BCUT2D eigenvalue weighted by atomic mass is 10.0. The second-order valence-electron chi connectivity index (χ2n) is 15.1. The second kappa shape index (κ2) is 43.9. The van der Waals surface area contributed by atoms with Crippen LogP contribution < -0.4 is 0 Å². The summed E-state index contributed by atoms with van der Waals surface area (Å²) in [6, 6.07) is 0. The summed E-state index contributed by atoms with van der Waals surface area (Å²) in [6.07, 6.45) is 45.5. The molecule has 0 rings (SSSR count). The monoisotopic (exact) mass is 785 g/mol. The lowest BCUT2D eigenvalue weighted by Gasteiger charge is -2.12. The van der Waals surface area contributed by atoms with Gasteiger partial charge in [-0.3, -0.25) is 13.6 Å². The topological polar surface area (TPSA) is 123 Å². The predicted molar refractivity (Wildman–Crippen MR) is 223 cm³/mol. The largest absolute Gasteiger partial charge is 0.472 e. The fraction of sp³-hybridized carbons (Fsp3) is 1.00. The van der Waals surface area contributed by atoms with Crippen molar-refractivity contribution in [3.63, 3.8) is 0 Å². The molecule has 0 spiro atoms. The Bertz CT molecular complexity index is 734. The normalized spacial score (nSPS) is 12.0. The highest BCUT2D eigenvalue weighted by atomic mass is 31.2. The van der Waals surface area contributed by atoms with Crippen molar-refractivity contribution >= 4 is 15.6 Å². The van der Waals surface area contributed by atoms with E-state index in [4.69, 9.17) is 18.8 Å². The average molecular weight is 785 g/mol. The first kappa shape index (κ1) is 54.3. The molecule has 0 amide bonds. The standard InChI is InChI=1S/C24H51O4P.C18H39O4P/c1-3-5-7-9-11-13-15-17-19-21-23-27-29(25,26)28-24-22-20-18-16-14-12-10-8-6-4-2;1-2-3-4-5-6-7-8-9-10-11-12-13-14-15-16-17-18-22-23(19,20)21/h3-24H2,1-2H3,(H,25,26);2-18H2,1H3,(H2,19,20,21). The molecule has 0 aliphatic rings. The van der Waals surface area contributed by atoms with Crippen molar-refractivity contribution in [2.45, 2.75) is 252 Å². The molecule has 3 N–H and O–H groups in total. The number of phosphoric acid groups is 2. The van der Waals surface area contributed by atoms with Gasteiger partial charge in [0.15, 0.2) is 0 Å². The van der Waals surface area contributed by atoms with Crippen LogP contribution in [0.5, 0.6) is 0 Å². The molecule has 0 aromatic rings. The van der Waals surface area contributed by atoms with Crippen molar-refractivity contribution in [1.29, 1.82) is 0 Å². The average Bonchev–Trinajstić information content (AvgIpc) is 3.10. The third kappa shape index (κ3) is 52.3. The van der Waals surface area contributed by atoms with Crippen LogP contribution in [0.2, 0.25) is 0 Å². The van der Waals surface area contributed by atoms with Gasteiger partial charge in [-0.25, -0.2) is 9.13 Å². The molecule has 0 aliphatic carbocycles. The van der Waals surface area contributed by atoms with Crippen LogP contribution in [0.4, 0.5) is 0 Å². The smallest absolute Gasteiger partial charge is 0.303 e. The highest BCUT2D eigenvalue weighted by Crippen LogP contribution is 2.43. The van der Waals surface area contributed by atoms with Gasteiger partial charge in [0.1, 0.15) is 0 Å². The summed E-state index contributed by atoms with van der Waals surface area (Å²) < 4.78 is 36.9. The minimum atomic E-state index is -4.26. The van der Waals surface area contributed by atoms with Gasteiger partial charge < -0.3 is 14.7 Å². The molecule has 0 aliphatic heterocycles. The first-order valence-electron chi connectivity index (χ1n) is 22.5. The van der Waals surface area contributed by atoms with Crippen molar-refractivity contribution in [2.75, 3.05) is 19.8 Å². The van der Waals surface area contributed by atoms with E-state index in [2.05, 4.69) is 25.3 Å². The molecule has 0 aromatic carbocycles. The summed E-state index contributed by atoms with van der Waals surface area (Å²) in [5.74, 6) is 0. The van der Waals surface area contributed by atoms with E-state index < -0.39 is 15.6 Å². The van der Waals surface area contributed by atoms with E-state index in [9.17, 15) is 14.0 Å². The zero-order valence-corrected chi connectivity index (χ0v) is 36.6. The van der Waals surface area contributed by atoms with Gasteiger partial charge >= 0.3 is 15.6 Å². The number of unbranched alkanes of at least 4 members (excludes halogenated alkanes) is 33. The molecule has 0 fully saturated rings. The Kier molecular flexibility index (Phi) is 45.9. The maximum Gasteiger partial charge on any atom is 0.472 e. The van der Waals surface area contributed by atoms with Gasteiger partial charge in [-0.2, -0.15) is 0 Å². The zero-order valence-electron chi connectivity index (χ0n) is 34.9. The fourth-order valence-electron chi connectivity index (χ4n) is 6.41. The third-order valence-corrected chi connectivity index (χ3v) is 11.3. The summed E-state index contributed by atoms with van der Waals surface area (Å²) in [7, 11) is -8.10. The quantitative estimate of drug-likeness (QED) is 0.0413. The molecular weight excluding hydrogens is 694 g/mol. The van der Waals surface area contributed by atoms with Gasteiger partial charge in [0.25, 0.3) is 0 Å². The van der Waals surface area contributed by atoms with Crippen molar-refractivity contribution < 1.29 is 37.4 Å². The Morgan fingerprint density at radius 2 is 0.462 bits per heavy atom. The number of hydrogen-bond donors (Lipinski definition) is 3. The molecule has 0 saturated carbocycles. The minimum Gasteiger partial charge on any atom is -0.303 e. The Labute approximate surface area is 324 Å². The molecule has 0 saturated heterocycles. The van der Waals surface area contributed by atoms with Crippen LogP contribution in [0.1, 0.15) is 252 Å².